The summed E-state index contributed by atoms with van der Waals surface area (Å²) in [6.07, 6.45) is -4.65. The number of likely N-dealkylation sites (N-methyl/N-ethyl adjacent to an activating group) is 1. The van der Waals surface area contributed by atoms with Crippen LogP contribution in [-0.2, 0) is 4.79 Å². The van der Waals surface area contributed by atoms with Gasteiger partial charge in [0.15, 0.2) is 5.41 Å². The Morgan fingerprint density at radius 2 is 2.05 bits per heavy atom. The van der Waals surface area contributed by atoms with Crippen LogP contribution in [0.2, 0.25) is 0 Å². The number of carbonyl (C=O) groups is 1. The van der Waals surface area contributed by atoms with Crippen LogP contribution in [-0.4, -0.2) is 67.7 Å². The molecule has 1 amide bonds. The summed E-state index contributed by atoms with van der Waals surface area (Å²) in [7, 11) is 1.91. The molecule has 7 heteroatoms. The third-order valence-corrected chi connectivity index (χ3v) is 4.20. The molecule has 2 atom stereocenters. The van der Waals surface area contributed by atoms with Gasteiger partial charge in [-0.15, -0.1) is 0 Å². The number of nitrogens with one attached hydrogen (secondary N) is 1. The lowest BCUT2D eigenvalue weighted by molar-refractivity contribution is -0.223. The minimum absolute atomic E-state index is 0.158. The quantitative estimate of drug-likeness (QED) is 0.767. The van der Waals surface area contributed by atoms with E-state index in [1.165, 1.54) is 4.90 Å². The first-order valence-corrected chi connectivity index (χ1v) is 6.55. The highest BCUT2D eigenvalue weighted by Crippen LogP contribution is 2.44. The smallest absolute Gasteiger partial charge is 0.337 e. The molecular weight excluding hydrogens is 259 g/mol. The van der Waals surface area contributed by atoms with E-state index in [0.717, 1.165) is 0 Å². The number of hydrogen-bond donors (Lipinski definition) is 1. The lowest BCUT2D eigenvalue weighted by Crippen LogP contribution is -2.60. The van der Waals surface area contributed by atoms with Gasteiger partial charge >= 0.3 is 6.18 Å². The van der Waals surface area contributed by atoms with E-state index in [1.54, 1.807) is 6.92 Å². The molecule has 1 N–H and O–H groups in total. The van der Waals surface area contributed by atoms with Gasteiger partial charge in [0, 0.05) is 32.2 Å². The molecule has 0 aliphatic carbocycles. The van der Waals surface area contributed by atoms with Gasteiger partial charge in [0.2, 0.25) is 5.91 Å². The van der Waals surface area contributed by atoms with Gasteiger partial charge in [0.05, 0.1) is 0 Å². The van der Waals surface area contributed by atoms with Crippen molar-refractivity contribution >= 4 is 5.91 Å². The van der Waals surface area contributed by atoms with Gasteiger partial charge < -0.3 is 15.1 Å². The van der Waals surface area contributed by atoms with Crippen molar-refractivity contribution in [1.82, 2.24) is 15.1 Å². The maximum absolute atomic E-state index is 13.3. The Hall–Kier alpha value is -0.820. The molecule has 2 aliphatic heterocycles. The highest BCUT2D eigenvalue weighted by molar-refractivity contribution is 5.84. The molecule has 0 aromatic carbocycles. The number of halogens is 3. The van der Waals surface area contributed by atoms with Crippen LogP contribution in [0, 0.1) is 5.41 Å². The summed E-state index contributed by atoms with van der Waals surface area (Å²) in [5.41, 5.74) is -2.23. The predicted octanol–water partition coefficient (Wildman–Crippen LogP) is 0.691. The summed E-state index contributed by atoms with van der Waals surface area (Å²) in [6.45, 7) is 3.36. The van der Waals surface area contributed by atoms with E-state index >= 15 is 0 Å². The Labute approximate surface area is 110 Å². The zero-order valence-corrected chi connectivity index (χ0v) is 11.3. The number of piperazine rings is 1. The first-order chi connectivity index (χ1) is 8.78. The minimum atomic E-state index is -4.49. The highest BCUT2D eigenvalue weighted by Gasteiger charge is 2.62. The molecular formula is C12H20F3N3O. The maximum atomic E-state index is 13.3. The van der Waals surface area contributed by atoms with Crippen LogP contribution in [0.15, 0.2) is 0 Å². The third kappa shape index (κ3) is 2.45. The SMILES string of the molecule is CC1CN(C)CCN1C(=O)C1(C(F)(F)F)CCNC1. The van der Waals surface area contributed by atoms with E-state index in [2.05, 4.69) is 5.32 Å². The maximum Gasteiger partial charge on any atom is 0.404 e. The van der Waals surface area contributed by atoms with Crippen LogP contribution in [0.5, 0.6) is 0 Å². The Bertz CT molecular complexity index is 353. The fourth-order valence-corrected chi connectivity index (χ4v) is 2.95. The molecule has 2 saturated heterocycles. The highest BCUT2D eigenvalue weighted by atomic mass is 19.4. The van der Waals surface area contributed by atoms with Crippen LogP contribution in [0.1, 0.15) is 13.3 Å². The molecule has 0 spiro atoms. The number of hydrogen-bond acceptors (Lipinski definition) is 3. The van der Waals surface area contributed by atoms with Gasteiger partial charge in [-0.2, -0.15) is 13.2 Å². The molecule has 0 aromatic rings. The second-order valence-corrected chi connectivity index (χ2v) is 5.62. The largest absolute Gasteiger partial charge is 0.404 e. The number of alkyl halides is 3. The molecule has 2 heterocycles. The average molecular weight is 279 g/mol. The molecule has 2 rings (SSSR count). The summed E-state index contributed by atoms with van der Waals surface area (Å²) in [5.74, 6) is -0.759. The van der Waals surface area contributed by atoms with Crippen LogP contribution < -0.4 is 5.32 Å². The van der Waals surface area contributed by atoms with Gasteiger partial charge in [-0.1, -0.05) is 0 Å². The molecule has 0 saturated carbocycles. The van der Waals surface area contributed by atoms with Gasteiger partial charge in [0.25, 0.3) is 0 Å². The van der Waals surface area contributed by atoms with Gasteiger partial charge in [-0.05, 0) is 26.9 Å². The molecule has 0 aromatic heterocycles. The first-order valence-electron chi connectivity index (χ1n) is 6.55. The van der Waals surface area contributed by atoms with Crippen molar-refractivity contribution in [3.8, 4) is 0 Å². The molecule has 2 fully saturated rings. The van der Waals surface area contributed by atoms with Crippen molar-refractivity contribution in [3.63, 3.8) is 0 Å². The van der Waals surface area contributed by atoms with Crippen molar-refractivity contribution in [2.45, 2.75) is 25.6 Å². The Balaban J connectivity index is 2.21. The van der Waals surface area contributed by atoms with Crippen LogP contribution in [0.4, 0.5) is 13.2 Å². The molecule has 4 nitrogen and oxygen atoms in total. The van der Waals surface area contributed by atoms with Crippen molar-refractivity contribution < 1.29 is 18.0 Å². The molecule has 2 unspecified atom stereocenters. The number of rotatable bonds is 1. The Kier molecular flexibility index (Phi) is 3.79. The molecule has 2 aliphatic rings. The summed E-state index contributed by atoms with van der Waals surface area (Å²) in [5, 5.41) is 2.69. The number of amides is 1. The average Bonchev–Trinajstić information content (AvgIpc) is 2.77. The second-order valence-electron chi connectivity index (χ2n) is 5.62. The van der Waals surface area contributed by atoms with Crippen LogP contribution in [0.25, 0.3) is 0 Å². The van der Waals surface area contributed by atoms with Gasteiger partial charge in [-0.25, -0.2) is 0 Å². The number of nitrogens with zero attached hydrogens (tertiary/aromatic N) is 2. The van der Waals surface area contributed by atoms with Crippen LogP contribution >= 0.6 is 0 Å². The molecule has 0 bridgehead atoms. The third-order valence-electron chi connectivity index (χ3n) is 4.20. The van der Waals surface area contributed by atoms with Crippen LogP contribution in [0.3, 0.4) is 0 Å². The standard InChI is InChI=1S/C12H20F3N3O/c1-9-7-17(2)5-6-18(9)10(19)11(12(13,14)15)3-4-16-8-11/h9,16H,3-8H2,1-2H3. The predicted molar refractivity (Wildman–Crippen MR) is 64.6 cm³/mol. The van der Waals surface area contributed by atoms with Crippen molar-refractivity contribution in [2.75, 3.05) is 39.8 Å². The van der Waals surface area contributed by atoms with Gasteiger partial charge in [0.1, 0.15) is 0 Å². The summed E-state index contributed by atoms with van der Waals surface area (Å²) in [4.78, 5) is 15.9. The zero-order valence-electron chi connectivity index (χ0n) is 11.3. The number of carbonyl (C=O) groups excluding carboxylic acids is 1. The first kappa shape index (κ1) is 14.6. The molecule has 0 radical (unpaired) electrons. The van der Waals surface area contributed by atoms with Crippen molar-refractivity contribution in [1.29, 1.82) is 0 Å². The molecule has 110 valence electrons. The second kappa shape index (κ2) is 4.94. The fourth-order valence-electron chi connectivity index (χ4n) is 2.95. The summed E-state index contributed by atoms with van der Waals surface area (Å²) >= 11 is 0. The summed E-state index contributed by atoms with van der Waals surface area (Å²) < 4.78 is 40.0. The minimum Gasteiger partial charge on any atom is -0.337 e. The monoisotopic (exact) mass is 279 g/mol. The normalized spacial score (nSPS) is 33.7. The van der Waals surface area contributed by atoms with E-state index in [0.29, 0.717) is 19.6 Å². The summed E-state index contributed by atoms with van der Waals surface area (Å²) in [6, 6.07) is -0.175. The van der Waals surface area contributed by atoms with E-state index < -0.39 is 17.5 Å². The van der Waals surface area contributed by atoms with E-state index in [-0.39, 0.29) is 25.6 Å². The topological polar surface area (TPSA) is 35.6 Å². The Morgan fingerprint density at radius 1 is 1.37 bits per heavy atom. The van der Waals surface area contributed by atoms with Crippen molar-refractivity contribution in [3.05, 3.63) is 0 Å². The van der Waals surface area contributed by atoms with E-state index in [1.807, 2.05) is 11.9 Å². The van der Waals surface area contributed by atoms with E-state index in [4.69, 9.17) is 0 Å². The Morgan fingerprint density at radius 3 is 2.53 bits per heavy atom. The molecule has 19 heavy (non-hydrogen) atoms. The van der Waals surface area contributed by atoms with Gasteiger partial charge in [-0.3, -0.25) is 4.79 Å². The van der Waals surface area contributed by atoms with E-state index in [9.17, 15) is 18.0 Å². The lowest BCUT2D eigenvalue weighted by atomic mass is 9.84. The lowest BCUT2D eigenvalue weighted by Gasteiger charge is -2.43. The zero-order chi connectivity index (χ0) is 14.3. The fraction of sp³-hybridized carbons (Fsp3) is 0.917. The van der Waals surface area contributed by atoms with Crippen molar-refractivity contribution in [2.24, 2.45) is 5.41 Å².